The first-order chi connectivity index (χ1) is 7.44. The summed E-state index contributed by atoms with van der Waals surface area (Å²) >= 11 is 0. The Morgan fingerprint density at radius 2 is 2.06 bits per heavy atom. The molecule has 0 aromatic heterocycles. The maximum absolute atomic E-state index is 11.0. The molecule has 0 fully saturated rings. The number of hydrogen-bond donors (Lipinski definition) is 4. The SMILES string of the molecule is NC1(C(=O)O)CCc2c(ccc(O)c2O)C1. The Bertz CT molecular complexity index is 458. The largest absolute Gasteiger partial charge is 0.504 e. The predicted octanol–water partition coefficient (Wildman–Crippen LogP) is 0.369. The minimum absolute atomic E-state index is 0.162. The second-order valence-electron chi connectivity index (χ2n) is 4.21. The van der Waals surface area contributed by atoms with Gasteiger partial charge in [0.05, 0.1) is 0 Å². The fraction of sp³-hybridized carbons (Fsp3) is 0.364. The van der Waals surface area contributed by atoms with Crippen molar-refractivity contribution in [1.29, 1.82) is 0 Å². The van der Waals surface area contributed by atoms with Crippen molar-refractivity contribution in [3.8, 4) is 11.5 Å². The third-order valence-corrected chi connectivity index (χ3v) is 3.11. The lowest BCUT2D eigenvalue weighted by Gasteiger charge is -2.31. The molecule has 0 bridgehead atoms. The van der Waals surface area contributed by atoms with Gasteiger partial charge in [-0.2, -0.15) is 0 Å². The molecule has 1 aromatic carbocycles. The number of aliphatic carboxylic acids is 1. The summed E-state index contributed by atoms with van der Waals surface area (Å²) in [7, 11) is 0. The first-order valence-corrected chi connectivity index (χ1v) is 4.99. The fourth-order valence-electron chi connectivity index (χ4n) is 2.07. The number of benzene rings is 1. The summed E-state index contributed by atoms with van der Waals surface area (Å²) in [5, 5.41) is 27.9. The van der Waals surface area contributed by atoms with Crippen LogP contribution in [0.25, 0.3) is 0 Å². The zero-order valence-corrected chi connectivity index (χ0v) is 8.60. The highest BCUT2D eigenvalue weighted by molar-refractivity contribution is 5.79. The lowest BCUT2D eigenvalue weighted by atomic mass is 9.78. The van der Waals surface area contributed by atoms with Crippen LogP contribution in [0.2, 0.25) is 0 Å². The van der Waals surface area contributed by atoms with Gasteiger partial charge in [-0.15, -0.1) is 0 Å². The minimum atomic E-state index is -1.27. The lowest BCUT2D eigenvalue weighted by Crippen LogP contribution is -2.52. The number of nitrogens with two attached hydrogens (primary N) is 1. The van der Waals surface area contributed by atoms with Crippen LogP contribution >= 0.6 is 0 Å². The minimum Gasteiger partial charge on any atom is -0.504 e. The van der Waals surface area contributed by atoms with Gasteiger partial charge in [-0.1, -0.05) is 6.07 Å². The second kappa shape index (κ2) is 3.38. The molecule has 0 saturated heterocycles. The first-order valence-electron chi connectivity index (χ1n) is 4.99. The van der Waals surface area contributed by atoms with Crippen LogP contribution in [0.3, 0.4) is 0 Å². The molecule has 5 heteroatoms. The maximum Gasteiger partial charge on any atom is 0.324 e. The normalized spacial score (nSPS) is 23.8. The molecule has 1 aromatic rings. The van der Waals surface area contributed by atoms with Crippen molar-refractivity contribution in [1.82, 2.24) is 0 Å². The van der Waals surface area contributed by atoms with E-state index < -0.39 is 11.5 Å². The molecule has 5 N–H and O–H groups in total. The second-order valence-corrected chi connectivity index (χ2v) is 4.21. The van der Waals surface area contributed by atoms with Crippen LogP contribution in [0.5, 0.6) is 11.5 Å². The number of aromatic hydroxyl groups is 2. The molecular weight excluding hydrogens is 210 g/mol. The number of rotatable bonds is 1. The van der Waals surface area contributed by atoms with Gasteiger partial charge in [-0.3, -0.25) is 4.79 Å². The van der Waals surface area contributed by atoms with E-state index in [0.29, 0.717) is 17.5 Å². The van der Waals surface area contributed by atoms with Gasteiger partial charge in [-0.05, 0) is 24.5 Å². The van der Waals surface area contributed by atoms with Crippen LogP contribution in [0.4, 0.5) is 0 Å². The van der Waals surface area contributed by atoms with Gasteiger partial charge in [0, 0.05) is 12.0 Å². The Kier molecular flexibility index (Phi) is 2.27. The van der Waals surface area contributed by atoms with Gasteiger partial charge >= 0.3 is 5.97 Å². The van der Waals surface area contributed by atoms with E-state index >= 15 is 0 Å². The van der Waals surface area contributed by atoms with E-state index in [4.69, 9.17) is 10.8 Å². The number of carbonyl (C=O) groups is 1. The van der Waals surface area contributed by atoms with Gasteiger partial charge in [0.25, 0.3) is 0 Å². The average Bonchev–Trinajstić information content (AvgIpc) is 2.23. The molecule has 5 nitrogen and oxygen atoms in total. The van der Waals surface area contributed by atoms with Crippen LogP contribution < -0.4 is 5.73 Å². The zero-order chi connectivity index (χ0) is 11.9. The number of phenols is 2. The smallest absolute Gasteiger partial charge is 0.324 e. The van der Waals surface area contributed by atoms with Gasteiger partial charge < -0.3 is 21.1 Å². The Labute approximate surface area is 92.1 Å². The van der Waals surface area contributed by atoms with E-state index in [2.05, 4.69) is 0 Å². The van der Waals surface area contributed by atoms with E-state index in [-0.39, 0.29) is 24.3 Å². The van der Waals surface area contributed by atoms with Crippen LogP contribution in [0, 0.1) is 0 Å². The molecule has 16 heavy (non-hydrogen) atoms. The van der Waals surface area contributed by atoms with Gasteiger partial charge in [-0.25, -0.2) is 0 Å². The summed E-state index contributed by atoms with van der Waals surface area (Å²) < 4.78 is 0. The number of hydrogen-bond acceptors (Lipinski definition) is 4. The van der Waals surface area contributed by atoms with Crippen LogP contribution in [-0.2, 0) is 17.6 Å². The molecule has 0 spiro atoms. The van der Waals surface area contributed by atoms with Crippen molar-refractivity contribution < 1.29 is 20.1 Å². The van der Waals surface area contributed by atoms with E-state index in [9.17, 15) is 15.0 Å². The monoisotopic (exact) mass is 223 g/mol. The van der Waals surface area contributed by atoms with Crippen molar-refractivity contribution >= 4 is 5.97 Å². The predicted molar refractivity (Wildman–Crippen MR) is 56.4 cm³/mol. The van der Waals surface area contributed by atoms with Crippen LogP contribution in [0.1, 0.15) is 17.5 Å². The molecular formula is C11H13NO4. The molecule has 0 heterocycles. The van der Waals surface area contributed by atoms with Crippen LogP contribution in [0.15, 0.2) is 12.1 Å². The molecule has 1 aliphatic carbocycles. The molecule has 86 valence electrons. The Balaban J connectivity index is 2.43. The zero-order valence-electron chi connectivity index (χ0n) is 8.60. The highest BCUT2D eigenvalue weighted by atomic mass is 16.4. The summed E-state index contributed by atoms with van der Waals surface area (Å²) in [6.45, 7) is 0. The number of carboxylic acid groups (broad SMARTS) is 1. The molecule has 0 radical (unpaired) electrons. The molecule has 1 atom stereocenters. The molecule has 1 unspecified atom stereocenters. The van der Waals surface area contributed by atoms with Crippen molar-refractivity contribution in [3.05, 3.63) is 23.3 Å². The van der Waals surface area contributed by atoms with E-state index in [1.807, 2.05) is 0 Å². The molecule has 2 rings (SSSR count). The quantitative estimate of drug-likeness (QED) is 0.515. The highest BCUT2D eigenvalue weighted by Crippen LogP contribution is 2.37. The topological polar surface area (TPSA) is 104 Å². The standard InChI is InChI=1S/C11H13NO4/c12-11(10(15)16)4-3-7-6(5-11)1-2-8(13)9(7)14/h1-2,13-14H,3-5,12H2,(H,15,16). The highest BCUT2D eigenvalue weighted by Gasteiger charge is 2.38. The van der Waals surface area contributed by atoms with Crippen LogP contribution in [-0.4, -0.2) is 26.8 Å². The van der Waals surface area contributed by atoms with E-state index in [1.54, 1.807) is 6.07 Å². The Hall–Kier alpha value is -1.75. The molecule has 0 amide bonds. The summed E-state index contributed by atoms with van der Waals surface area (Å²) in [6.07, 6.45) is 0.788. The van der Waals surface area contributed by atoms with Gasteiger partial charge in [0.1, 0.15) is 5.54 Å². The number of carboxylic acids is 1. The number of phenolic OH excluding ortho intramolecular Hbond substituents is 2. The Morgan fingerprint density at radius 1 is 1.38 bits per heavy atom. The summed E-state index contributed by atoms with van der Waals surface area (Å²) in [5.41, 5.74) is 5.78. The lowest BCUT2D eigenvalue weighted by molar-refractivity contribution is -0.143. The third-order valence-electron chi connectivity index (χ3n) is 3.11. The van der Waals surface area contributed by atoms with Gasteiger partial charge in [0.15, 0.2) is 11.5 Å². The van der Waals surface area contributed by atoms with E-state index in [1.165, 1.54) is 6.07 Å². The summed E-state index contributed by atoms with van der Waals surface area (Å²) in [6, 6.07) is 2.95. The average molecular weight is 223 g/mol. The van der Waals surface area contributed by atoms with E-state index in [0.717, 1.165) is 0 Å². The molecule has 1 aliphatic rings. The third kappa shape index (κ3) is 1.49. The molecule has 0 saturated carbocycles. The van der Waals surface area contributed by atoms with Crippen molar-refractivity contribution in [3.63, 3.8) is 0 Å². The maximum atomic E-state index is 11.0. The van der Waals surface area contributed by atoms with Crippen molar-refractivity contribution in [2.24, 2.45) is 5.73 Å². The summed E-state index contributed by atoms with van der Waals surface area (Å²) in [4.78, 5) is 11.0. The fourth-order valence-corrected chi connectivity index (χ4v) is 2.07. The van der Waals surface area contributed by atoms with Gasteiger partial charge in [0.2, 0.25) is 0 Å². The van der Waals surface area contributed by atoms with Crippen molar-refractivity contribution in [2.45, 2.75) is 24.8 Å². The van der Waals surface area contributed by atoms with Crippen molar-refractivity contribution in [2.75, 3.05) is 0 Å². The first kappa shape index (κ1) is 10.8. The number of fused-ring (bicyclic) bond motifs is 1. The summed E-state index contributed by atoms with van der Waals surface area (Å²) in [5.74, 6) is -1.38. The molecule has 0 aliphatic heterocycles. The Morgan fingerprint density at radius 3 is 2.69 bits per heavy atom.